The summed E-state index contributed by atoms with van der Waals surface area (Å²) in [6.07, 6.45) is 1.82. The van der Waals surface area contributed by atoms with E-state index in [0.29, 0.717) is 56.4 Å². The van der Waals surface area contributed by atoms with Crippen LogP contribution in [-0.2, 0) is 0 Å². The third-order valence-electron chi connectivity index (χ3n) is 8.00. The summed E-state index contributed by atoms with van der Waals surface area (Å²) >= 11 is 0. The van der Waals surface area contributed by atoms with E-state index >= 15 is 0 Å². The van der Waals surface area contributed by atoms with E-state index in [-0.39, 0.29) is 11.8 Å². The van der Waals surface area contributed by atoms with Crippen molar-refractivity contribution in [1.29, 1.82) is 0 Å². The number of nitrogens with zero attached hydrogens (tertiary/aromatic N) is 4. The SMILES string of the molecule is CCNC(=O)c1cc2ccccc2cc1N1CCN(C(=O)c2cn(-c3cccc(OCC)c3)c(-c3ccc(C)cc3)n2)CC1. The fourth-order valence-corrected chi connectivity index (χ4v) is 5.72. The van der Waals surface area contributed by atoms with Crippen molar-refractivity contribution in [2.24, 2.45) is 0 Å². The molecule has 5 aromatic rings. The molecule has 0 aliphatic carbocycles. The first-order valence-corrected chi connectivity index (χ1v) is 15.2. The molecule has 224 valence electrons. The van der Waals surface area contributed by atoms with E-state index in [1.165, 1.54) is 0 Å². The van der Waals surface area contributed by atoms with E-state index in [2.05, 4.69) is 22.3 Å². The van der Waals surface area contributed by atoms with Gasteiger partial charge in [-0.2, -0.15) is 0 Å². The minimum atomic E-state index is -0.111. The molecule has 0 spiro atoms. The van der Waals surface area contributed by atoms with Crippen molar-refractivity contribution >= 4 is 28.3 Å². The largest absolute Gasteiger partial charge is 0.494 e. The molecule has 6 rings (SSSR count). The first-order chi connectivity index (χ1) is 21.4. The second-order valence-electron chi connectivity index (χ2n) is 11.0. The van der Waals surface area contributed by atoms with Crippen LogP contribution < -0.4 is 15.0 Å². The molecule has 2 amide bonds. The Hall–Kier alpha value is -5.11. The highest BCUT2D eigenvalue weighted by Gasteiger charge is 2.27. The summed E-state index contributed by atoms with van der Waals surface area (Å²) in [4.78, 5) is 35.8. The molecule has 1 saturated heterocycles. The minimum Gasteiger partial charge on any atom is -0.494 e. The van der Waals surface area contributed by atoms with Crippen molar-refractivity contribution in [3.05, 3.63) is 108 Å². The zero-order valence-corrected chi connectivity index (χ0v) is 25.4. The van der Waals surface area contributed by atoms with Gasteiger partial charge >= 0.3 is 0 Å². The molecule has 1 aromatic heterocycles. The summed E-state index contributed by atoms with van der Waals surface area (Å²) in [5, 5.41) is 5.06. The zero-order valence-electron chi connectivity index (χ0n) is 25.4. The lowest BCUT2D eigenvalue weighted by Crippen LogP contribution is -2.49. The van der Waals surface area contributed by atoms with Crippen LogP contribution in [0, 0.1) is 6.92 Å². The third-order valence-corrected chi connectivity index (χ3v) is 8.00. The molecule has 0 bridgehead atoms. The van der Waals surface area contributed by atoms with Gasteiger partial charge < -0.3 is 19.9 Å². The monoisotopic (exact) mass is 587 g/mol. The van der Waals surface area contributed by atoms with Crippen LogP contribution in [-0.4, -0.2) is 65.6 Å². The lowest BCUT2D eigenvalue weighted by Gasteiger charge is -2.36. The average molecular weight is 588 g/mol. The molecule has 1 aliphatic heterocycles. The quantitative estimate of drug-likeness (QED) is 0.237. The van der Waals surface area contributed by atoms with Crippen LogP contribution in [0.5, 0.6) is 5.75 Å². The summed E-state index contributed by atoms with van der Waals surface area (Å²) in [5.74, 6) is 1.26. The number of ether oxygens (including phenoxy) is 1. The van der Waals surface area contributed by atoms with Gasteiger partial charge in [0.05, 0.1) is 23.5 Å². The van der Waals surface area contributed by atoms with E-state index in [1.54, 1.807) is 0 Å². The second-order valence-corrected chi connectivity index (χ2v) is 11.0. The Morgan fingerprint density at radius 1 is 0.864 bits per heavy atom. The number of nitrogens with one attached hydrogen (secondary N) is 1. The number of carbonyl (C=O) groups is 2. The van der Waals surface area contributed by atoms with Gasteiger partial charge in [-0.25, -0.2) is 4.98 Å². The van der Waals surface area contributed by atoms with Crippen molar-refractivity contribution in [3.63, 3.8) is 0 Å². The number of imidazole rings is 1. The minimum absolute atomic E-state index is 0.0886. The van der Waals surface area contributed by atoms with Crippen molar-refractivity contribution in [1.82, 2.24) is 19.8 Å². The fourth-order valence-electron chi connectivity index (χ4n) is 5.72. The maximum atomic E-state index is 13.9. The van der Waals surface area contributed by atoms with Crippen LogP contribution >= 0.6 is 0 Å². The summed E-state index contributed by atoms with van der Waals surface area (Å²) in [5.41, 5.74) is 4.89. The number of amides is 2. The number of aromatic nitrogens is 2. The van der Waals surface area contributed by atoms with Gasteiger partial charge in [0.2, 0.25) is 0 Å². The molecule has 0 unspecified atom stereocenters. The van der Waals surface area contributed by atoms with Gasteiger partial charge in [0.15, 0.2) is 0 Å². The molecule has 8 nitrogen and oxygen atoms in total. The van der Waals surface area contributed by atoms with E-state index in [0.717, 1.165) is 39.0 Å². The summed E-state index contributed by atoms with van der Waals surface area (Å²) in [7, 11) is 0. The van der Waals surface area contributed by atoms with E-state index < -0.39 is 0 Å². The van der Waals surface area contributed by atoms with Gasteiger partial charge in [0, 0.05) is 50.6 Å². The van der Waals surface area contributed by atoms with Crippen molar-refractivity contribution in [3.8, 4) is 22.8 Å². The van der Waals surface area contributed by atoms with Gasteiger partial charge in [-0.15, -0.1) is 0 Å². The standard InChI is InChI=1S/C36H37N5O3/c1-4-37-35(42)31-21-27-9-6-7-10-28(27)22-33(31)39-17-19-40(20-18-39)36(43)32-24-41(29-11-8-12-30(23-29)44-5-2)34(38-32)26-15-13-25(3)14-16-26/h6-16,21-24H,4-5,17-20H2,1-3H3,(H,37,42). The topological polar surface area (TPSA) is 79.7 Å². The molecule has 1 aliphatic rings. The number of hydrogen-bond acceptors (Lipinski definition) is 5. The molecule has 0 atom stereocenters. The number of fused-ring (bicyclic) bond motifs is 1. The van der Waals surface area contributed by atoms with Crippen LogP contribution in [0.1, 0.15) is 40.3 Å². The Morgan fingerprint density at radius 2 is 1.59 bits per heavy atom. The maximum absolute atomic E-state index is 13.9. The smallest absolute Gasteiger partial charge is 0.274 e. The van der Waals surface area contributed by atoms with Gasteiger partial charge in [-0.05, 0) is 55.8 Å². The summed E-state index contributed by atoms with van der Waals surface area (Å²) < 4.78 is 7.71. The first-order valence-electron chi connectivity index (χ1n) is 15.2. The van der Waals surface area contributed by atoms with Gasteiger partial charge in [0.1, 0.15) is 17.3 Å². The van der Waals surface area contributed by atoms with E-state index in [1.807, 2.05) is 109 Å². The highest BCUT2D eigenvalue weighted by molar-refractivity contribution is 6.04. The molecule has 1 N–H and O–H groups in total. The van der Waals surface area contributed by atoms with Crippen LogP contribution in [0.15, 0.2) is 91.1 Å². The summed E-state index contributed by atoms with van der Waals surface area (Å²) in [6, 6.07) is 28.1. The molecule has 4 aromatic carbocycles. The fraction of sp³-hybridized carbons (Fsp3) is 0.250. The highest BCUT2D eigenvalue weighted by atomic mass is 16.5. The molecule has 1 fully saturated rings. The lowest BCUT2D eigenvalue weighted by molar-refractivity contribution is 0.0740. The number of rotatable bonds is 8. The van der Waals surface area contributed by atoms with Crippen molar-refractivity contribution in [2.45, 2.75) is 20.8 Å². The number of aryl methyl sites for hydroxylation is 1. The Labute approximate surface area is 257 Å². The Balaban J connectivity index is 1.27. The molecule has 8 heteroatoms. The predicted molar refractivity (Wildman–Crippen MR) is 175 cm³/mol. The average Bonchev–Trinajstić information content (AvgIpc) is 3.50. The molecule has 0 saturated carbocycles. The lowest BCUT2D eigenvalue weighted by atomic mass is 10.0. The normalized spacial score (nSPS) is 13.2. The molecular weight excluding hydrogens is 550 g/mol. The second kappa shape index (κ2) is 12.6. The summed E-state index contributed by atoms with van der Waals surface area (Å²) in [6.45, 7) is 9.31. The van der Waals surface area contributed by atoms with Crippen molar-refractivity contribution < 1.29 is 14.3 Å². The zero-order chi connectivity index (χ0) is 30.6. The van der Waals surface area contributed by atoms with Gasteiger partial charge in [0.25, 0.3) is 11.8 Å². The highest BCUT2D eigenvalue weighted by Crippen LogP contribution is 2.30. The molecule has 0 radical (unpaired) electrons. The third kappa shape index (κ3) is 5.88. The number of carbonyl (C=O) groups excluding carboxylic acids is 2. The number of benzene rings is 4. The Bertz CT molecular complexity index is 1800. The number of hydrogen-bond donors (Lipinski definition) is 1. The van der Waals surface area contributed by atoms with Gasteiger partial charge in [-0.3, -0.25) is 14.2 Å². The predicted octanol–water partition coefficient (Wildman–Crippen LogP) is 6.11. The van der Waals surface area contributed by atoms with Crippen LogP contribution in [0.25, 0.3) is 27.8 Å². The van der Waals surface area contributed by atoms with Crippen molar-refractivity contribution in [2.75, 3.05) is 44.2 Å². The number of piperazine rings is 1. The van der Waals surface area contributed by atoms with Crippen LogP contribution in [0.3, 0.4) is 0 Å². The van der Waals surface area contributed by atoms with Crippen LogP contribution in [0.2, 0.25) is 0 Å². The molecular formula is C36H37N5O3. The number of anilines is 1. The maximum Gasteiger partial charge on any atom is 0.274 e. The molecule has 2 heterocycles. The van der Waals surface area contributed by atoms with E-state index in [9.17, 15) is 9.59 Å². The van der Waals surface area contributed by atoms with E-state index in [4.69, 9.17) is 9.72 Å². The van der Waals surface area contributed by atoms with Gasteiger partial charge in [-0.1, -0.05) is 60.2 Å². The molecule has 44 heavy (non-hydrogen) atoms. The Morgan fingerprint density at radius 3 is 2.30 bits per heavy atom. The Kier molecular flexibility index (Phi) is 8.32. The first kappa shape index (κ1) is 29.0. The van der Waals surface area contributed by atoms with Crippen LogP contribution in [0.4, 0.5) is 5.69 Å².